The lowest BCUT2D eigenvalue weighted by Gasteiger charge is -2.18. The number of ether oxygens (including phenoxy) is 1. The second-order valence-electron chi connectivity index (χ2n) is 5.54. The summed E-state index contributed by atoms with van der Waals surface area (Å²) in [7, 11) is 0. The van der Waals surface area contributed by atoms with Gasteiger partial charge in [-0.3, -0.25) is 4.79 Å². The van der Waals surface area contributed by atoms with Gasteiger partial charge in [-0.15, -0.1) is 0 Å². The normalized spacial score (nSPS) is 23.3. The zero-order chi connectivity index (χ0) is 13.1. The van der Waals surface area contributed by atoms with E-state index >= 15 is 0 Å². The lowest BCUT2D eigenvalue weighted by molar-refractivity contribution is 0.0891. The zero-order valence-corrected chi connectivity index (χ0v) is 11.5. The highest BCUT2D eigenvalue weighted by Gasteiger charge is 2.31. The molecule has 0 saturated heterocycles. The van der Waals surface area contributed by atoms with Gasteiger partial charge in [-0.2, -0.15) is 0 Å². The van der Waals surface area contributed by atoms with Gasteiger partial charge in [-0.25, -0.2) is 0 Å². The monoisotopic (exact) mass is 246 g/mol. The second kappa shape index (κ2) is 5.55. The third kappa shape index (κ3) is 2.74. The first-order valence-electron chi connectivity index (χ1n) is 6.89. The minimum absolute atomic E-state index is 0.0972. The molecule has 1 fully saturated rings. The standard InChI is InChI=1S/C16H22O2/c1-11(2)18-15-10-5-4-8-14(15)16(17)13-9-6-7-12(13)3/h4-5,8,10-13H,6-7,9H2,1-3H3. The van der Waals surface area contributed by atoms with E-state index < -0.39 is 0 Å². The van der Waals surface area contributed by atoms with Crippen molar-refractivity contribution in [3.05, 3.63) is 29.8 Å². The maximum Gasteiger partial charge on any atom is 0.169 e. The first-order chi connectivity index (χ1) is 8.59. The molecule has 2 nitrogen and oxygen atoms in total. The Labute approximate surface area is 109 Å². The lowest BCUT2D eigenvalue weighted by Crippen LogP contribution is -2.19. The largest absolute Gasteiger partial charge is 0.490 e. The Bertz CT molecular complexity index is 423. The number of carbonyl (C=O) groups excluding carboxylic acids is 1. The van der Waals surface area contributed by atoms with E-state index in [4.69, 9.17) is 4.74 Å². The molecule has 1 aliphatic carbocycles. The van der Waals surface area contributed by atoms with Gasteiger partial charge in [0.05, 0.1) is 11.7 Å². The van der Waals surface area contributed by atoms with Crippen molar-refractivity contribution >= 4 is 5.78 Å². The molecule has 1 aromatic rings. The number of hydrogen-bond acceptors (Lipinski definition) is 2. The molecule has 1 saturated carbocycles. The number of benzene rings is 1. The summed E-state index contributed by atoms with van der Waals surface area (Å²) < 4.78 is 5.74. The molecule has 0 spiro atoms. The summed E-state index contributed by atoms with van der Waals surface area (Å²) in [5, 5.41) is 0. The van der Waals surface area contributed by atoms with Crippen molar-refractivity contribution in [2.75, 3.05) is 0 Å². The van der Waals surface area contributed by atoms with Crippen LogP contribution in [0.1, 0.15) is 50.4 Å². The first kappa shape index (κ1) is 13.1. The first-order valence-corrected chi connectivity index (χ1v) is 6.89. The highest BCUT2D eigenvalue weighted by molar-refractivity contribution is 6.00. The lowest BCUT2D eigenvalue weighted by atomic mass is 9.89. The molecule has 2 atom stereocenters. The van der Waals surface area contributed by atoms with Gasteiger partial charge in [0.1, 0.15) is 5.75 Å². The maximum atomic E-state index is 12.6. The van der Waals surface area contributed by atoms with E-state index in [-0.39, 0.29) is 17.8 Å². The summed E-state index contributed by atoms with van der Waals surface area (Å²) in [4.78, 5) is 12.6. The average Bonchev–Trinajstić information content (AvgIpc) is 2.74. The van der Waals surface area contributed by atoms with Crippen LogP contribution < -0.4 is 4.74 Å². The Hall–Kier alpha value is -1.31. The number of para-hydroxylation sites is 1. The molecule has 0 aromatic heterocycles. The van der Waals surface area contributed by atoms with E-state index in [1.54, 1.807) is 0 Å². The fourth-order valence-corrected chi connectivity index (χ4v) is 2.76. The molecule has 0 N–H and O–H groups in total. The quantitative estimate of drug-likeness (QED) is 0.748. The Balaban J connectivity index is 2.24. The second-order valence-corrected chi connectivity index (χ2v) is 5.54. The number of rotatable bonds is 4. The molecule has 0 bridgehead atoms. The highest BCUT2D eigenvalue weighted by Crippen LogP contribution is 2.35. The topological polar surface area (TPSA) is 26.3 Å². The van der Waals surface area contributed by atoms with Crippen LogP contribution in [0.25, 0.3) is 0 Å². The molecule has 0 amide bonds. The molecule has 2 rings (SSSR count). The molecule has 2 unspecified atom stereocenters. The van der Waals surface area contributed by atoms with Gasteiger partial charge in [-0.05, 0) is 44.7 Å². The van der Waals surface area contributed by atoms with Gasteiger partial charge in [0, 0.05) is 5.92 Å². The fraction of sp³-hybridized carbons (Fsp3) is 0.562. The smallest absolute Gasteiger partial charge is 0.169 e. The number of hydrogen-bond donors (Lipinski definition) is 0. The molecule has 0 radical (unpaired) electrons. The summed E-state index contributed by atoms with van der Waals surface area (Å²) in [5.74, 6) is 1.68. The van der Waals surface area contributed by atoms with Crippen LogP contribution in [0.3, 0.4) is 0 Å². The van der Waals surface area contributed by atoms with Crippen molar-refractivity contribution in [3.8, 4) is 5.75 Å². The maximum absolute atomic E-state index is 12.6. The fourth-order valence-electron chi connectivity index (χ4n) is 2.76. The van der Waals surface area contributed by atoms with E-state index in [2.05, 4.69) is 6.92 Å². The third-order valence-corrected chi connectivity index (χ3v) is 3.71. The van der Waals surface area contributed by atoms with E-state index in [0.717, 1.165) is 17.7 Å². The van der Waals surface area contributed by atoms with Crippen molar-refractivity contribution < 1.29 is 9.53 Å². The minimum atomic E-state index is 0.0972. The number of ketones is 1. The molecule has 1 aromatic carbocycles. The van der Waals surface area contributed by atoms with Crippen molar-refractivity contribution in [1.29, 1.82) is 0 Å². The molecule has 18 heavy (non-hydrogen) atoms. The van der Waals surface area contributed by atoms with Crippen molar-refractivity contribution in [2.45, 2.75) is 46.1 Å². The third-order valence-electron chi connectivity index (χ3n) is 3.71. The number of Topliss-reactive ketones (excluding diaryl/α,β-unsaturated/α-hetero) is 1. The Morgan fingerprint density at radius 2 is 2.00 bits per heavy atom. The molecule has 0 aliphatic heterocycles. The van der Waals surface area contributed by atoms with Gasteiger partial charge >= 0.3 is 0 Å². The van der Waals surface area contributed by atoms with Crippen LogP contribution in [0.2, 0.25) is 0 Å². The SMILES string of the molecule is CC(C)Oc1ccccc1C(=O)C1CCCC1C. The van der Waals surface area contributed by atoms with Crippen molar-refractivity contribution in [2.24, 2.45) is 11.8 Å². The highest BCUT2D eigenvalue weighted by atomic mass is 16.5. The Kier molecular flexibility index (Phi) is 4.05. The van der Waals surface area contributed by atoms with E-state index in [9.17, 15) is 4.79 Å². The van der Waals surface area contributed by atoms with Crippen LogP contribution in [-0.4, -0.2) is 11.9 Å². The summed E-state index contributed by atoms with van der Waals surface area (Å²) in [5.41, 5.74) is 0.755. The Morgan fingerprint density at radius 3 is 2.61 bits per heavy atom. The van der Waals surface area contributed by atoms with Crippen LogP contribution in [0.4, 0.5) is 0 Å². The molecular formula is C16H22O2. The van der Waals surface area contributed by atoms with E-state index in [1.807, 2.05) is 38.1 Å². The molecule has 0 heterocycles. The molecule has 1 aliphatic rings. The minimum Gasteiger partial charge on any atom is -0.490 e. The summed E-state index contributed by atoms with van der Waals surface area (Å²) in [6.45, 7) is 6.15. The predicted octanol–water partition coefficient (Wildman–Crippen LogP) is 4.09. The van der Waals surface area contributed by atoms with Crippen LogP contribution in [0, 0.1) is 11.8 Å². The number of carbonyl (C=O) groups is 1. The molecule has 2 heteroatoms. The molecule has 98 valence electrons. The Morgan fingerprint density at radius 1 is 1.28 bits per heavy atom. The van der Waals surface area contributed by atoms with Crippen molar-refractivity contribution in [3.63, 3.8) is 0 Å². The predicted molar refractivity (Wildman–Crippen MR) is 73.0 cm³/mol. The molecular weight excluding hydrogens is 224 g/mol. The van der Waals surface area contributed by atoms with Gasteiger partial charge in [-0.1, -0.05) is 25.5 Å². The van der Waals surface area contributed by atoms with Crippen LogP contribution >= 0.6 is 0 Å². The van der Waals surface area contributed by atoms with E-state index in [0.29, 0.717) is 5.92 Å². The zero-order valence-electron chi connectivity index (χ0n) is 11.5. The van der Waals surface area contributed by atoms with Crippen molar-refractivity contribution in [1.82, 2.24) is 0 Å². The summed E-state index contributed by atoms with van der Waals surface area (Å²) >= 11 is 0. The van der Waals surface area contributed by atoms with E-state index in [1.165, 1.54) is 12.8 Å². The van der Waals surface area contributed by atoms with Gasteiger partial charge < -0.3 is 4.74 Å². The van der Waals surface area contributed by atoms with Gasteiger partial charge in [0.2, 0.25) is 0 Å². The summed E-state index contributed by atoms with van der Waals surface area (Å²) in [6, 6.07) is 7.63. The van der Waals surface area contributed by atoms with Crippen LogP contribution in [-0.2, 0) is 0 Å². The summed E-state index contributed by atoms with van der Waals surface area (Å²) in [6.07, 6.45) is 3.46. The average molecular weight is 246 g/mol. The van der Waals surface area contributed by atoms with Gasteiger partial charge in [0.15, 0.2) is 5.78 Å². The van der Waals surface area contributed by atoms with Crippen LogP contribution in [0.5, 0.6) is 5.75 Å². The van der Waals surface area contributed by atoms with Crippen LogP contribution in [0.15, 0.2) is 24.3 Å². The van der Waals surface area contributed by atoms with Gasteiger partial charge in [0.25, 0.3) is 0 Å².